The van der Waals surface area contributed by atoms with Gasteiger partial charge in [-0.3, -0.25) is 0 Å². The standard InChI is InChI=1S/C15H23F3N2/c1-14(2,20(4)5)13(19-3)10-11-7-6-8-12(9-11)15(16,17)18/h6-9,13,19H,10H2,1-5H3. The van der Waals surface area contributed by atoms with Crippen LogP contribution >= 0.6 is 0 Å². The quantitative estimate of drug-likeness (QED) is 0.895. The van der Waals surface area contributed by atoms with Crippen molar-refractivity contribution in [2.75, 3.05) is 21.1 Å². The number of likely N-dealkylation sites (N-methyl/N-ethyl adjacent to an activating group) is 2. The lowest BCUT2D eigenvalue weighted by molar-refractivity contribution is -0.137. The van der Waals surface area contributed by atoms with Crippen molar-refractivity contribution in [3.63, 3.8) is 0 Å². The summed E-state index contributed by atoms with van der Waals surface area (Å²) in [4.78, 5) is 2.07. The molecule has 0 radical (unpaired) electrons. The third-order valence-corrected chi connectivity index (χ3v) is 4.05. The van der Waals surface area contributed by atoms with Crippen LogP contribution in [0.3, 0.4) is 0 Å². The summed E-state index contributed by atoms with van der Waals surface area (Å²) < 4.78 is 38.2. The Balaban J connectivity index is 2.97. The second kappa shape index (κ2) is 6.14. The first-order valence-electron chi connectivity index (χ1n) is 6.60. The van der Waals surface area contributed by atoms with Gasteiger partial charge in [-0.05, 0) is 53.0 Å². The van der Waals surface area contributed by atoms with Crippen LogP contribution in [-0.2, 0) is 12.6 Å². The smallest absolute Gasteiger partial charge is 0.315 e. The highest BCUT2D eigenvalue weighted by Gasteiger charge is 2.33. The first-order chi connectivity index (χ1) is 9.09. The highest BCUT2D eigenvalue weighted by molar-refractivity contribution is 5.26. The minimum absolute atomic E-state index is 0.0565. The Morgan fingerprint density at radius 2 is 1.80 bits per heavy atom. The number of halogens is 3. The lowest BCUT2D eigenvalue weighted by Gasteiger charge is -2.40. The SMILES string of the molecule is CNC(Cc1cccc(C(F)(F)F)c1)C(C)(C)N(C)C. The topological polar surface area (TPSA) is 15.3 Å². The maximum atomic E-state index is 12.7. The number of benzene rings is 1. The second-order valence-corrected chi connectivity index (χ2v) is 5.79. The zero-order valence-electron chi connectivity index (χ0n) is 12.7. The van der Waals surface area contributed by atoms with Gasteiger partial charge < -0.3 is 10.2 Å². The van der Waals surface area contributed by atoms with Crippen molar-refractivity contribution in [1.29, 1.82) is 0 Å². The molecule has 2 nitrogen and oxygen atoms in total. The number of alkyl halides is 3. The summed E-state index contributed by atoms with van der Waals surface area (Å²) in [5.74, 6) is 0. The van der Waals surface area contributed by atoms with Crippen LogP contribution in [0.5, 0.6) is 0 Å². The molecule has 1 aromatic rings. The zero-order chi connectivity index (χ0) is 15.6. The van der Waals surface area contributed by atoms with E-state index in [1.54, 1.807) is 6.07 Å². The number of rotatable bonds is 5. The molecular formula is C15H23F3N2. The maximum absolute atomic E-state index is 12.7. The summed E-state index contributed by atoms with van der Waals surface area (Å²) in [6, 6.07) is 5.60. The van der Waals surface area contributed by atoms with E-state index in [-0.39, 0.29) is 11.6 Å². The molecule has 5 heteroatoms. The lowest BCUT2D eigenvalue weighted by atomic mass is 9.88. The van der Waals surface area contributed by atoms with Gasteiger partial charge in [-0.15, -0.1) is 0 Å². The van der Waals surface area contributed by atoms with E-state index in [0.717, 1.165) is 6.07 Å². The first kappa shape index (κ1) is 17.0. The fourth-order valence-electron chi connectivity index (χ4n) is 2.13. The molecule has 0 fully saturated rings. The van der Waals surface area contributed by atoms with Gasteiger partial charge in [0.1, 0.15) is 0 Å². The molecular weight excluding hydrogens is 265 g/mol. The van der Waals surface area contributed by atoms with Gasteiger partial charge in [-0.25, -0.2) is 0 Å². The molecule has 1 atom stereocenters. The van der Waals surface area contributed by atoms with Crippen molar-refractivity contribution >= 4 is 0 Å². The van der Waals surface area contributed by atoms with Gasteiger partial charge in [0.25, 0.3) is 0 Å². The number of nitrogens with one attached hydrogen (secondary N) is 1. The summed E-state index contributed by atoms with van der Waals surface area (Å²) in [5.41, 5.74) is -0.0650. The summed E-state index contributed by atoms with van der Waals surface area (Å²) in [7, 11) is 5.77. The molecule has 0 aliphatic carbocycles. The van der Waals surface area contributed by atoms with Crippen molar-refractivity contribution in [2.45, 2.75) is 38.0 Å². The van der Waals surface area contributed by atoms with Crippen molar-refractivity contribution in [3.05, 3.63) is 35.4 Å². The second-order valence-electron chi connectivity index (χ2n) is 5.79. The number of hydrogen-bond acceptors (Lipinski definition) is 2. The maximum Gasteiger partial charge on any atom is 0.416 e. The van der Waals surface area contributed by atoms with Crippen molar-refractivity contribution in [2.24, 2.45) is 0 Å². The van der Waals surface area contributed by atoms with Gasteiger partial charge in [-0.1, -0.05) is 18.2 Å². The lowest BCUT2D eigenvalue weighted by Crippen LogP contribution is -2.55. The average molecular weight is 288 g/mol. The Kier molecular flexibility index (Phi) is 5.21. The molecule has 0 aliphatic heterocycles. The number of hydrogen-bond donors (Lipinski definition) is 1. The summed E-state index contributed by atoms with van der Waals surface area (Å²) in [6.07, 6.45) is -3.74. The molecule has 0 bridgehead atoms. The van der Waals surface area contributed by atoms with Crippen molar-refractivity contribution in [1.82, 2.24) is 10.2 Å². The van der Waals surface area contributed by atoms with E-state index in [2.05, 4.69) is 24.1 Å². The van der Waals surface area contributed by atoms with Gasteiger partial charge >= 0.3 is 6.18 Å². The van der Waals surface area contributed by atoms with Crippen LogP contribution in [0, 0.1) is 0 Å². The summed E-state index contributed by atoms with van der Waals surface area (Å²) in [5, 5.41) is 3.21. The minimum Gasteiger partial charge on any atom is -0.315 e. The summed E-state index contributed by atoms with van der Waals surface area (Å²) >= 11 is 0. The Bertz CT molecular complexity index is 439. The van der Waals surface area contributed by atoms with E-state index in [1.807, 2.05) is 21.1 Å². The Hall–Kier alpha value is -1.07. The molecule has 0 aliphatic rings. The molecule has 1 unspecified atom stereocenters. The predicted molar refractivity (Wildman–Crippen MR) is 75.8 cm³/mol. The molecule has 1 N–H and O–H groups in total. The summed E-state index contributed by atoms with van der Waals surface area (Å²) in [6.45, 7) is 4.14. The van der Waals surface area contributed by atoms with Gasteiger partial charge in [0.05, 0.1) is 5.56 Å². The fraction of sp³-hybridized carbons (Fsp3) is 0.600. The van der Waals surface area contributed by atoms with E-state index in [1.165, 1.54) is 12.1 Å². The molecule has 0 spiro atoms. The first-order valence-corrected chi connectivity index (χ1v) is 6.60. The van der Waals surface area contributed by atoms with Gasteiger partial charge in [0, 0.05) is 11.6 Å². The van der Waals surface area contributed by atoms with Crippen LogP contribution in [0.1, 0.15) is 25.0 Å². The third-order valence-electron chi connectivity index (χ3n) is 4.05. The fourth-order valence-corrected chi connectivity index (χ4v) is 2.13. The monoisotopic (exact) mass is 288 g/mol. The molecule has 1 rings (SSSR count). The van der Waals surface area contributed by atoms with Gasteiger partial charge in [0.2, 0.25) is 0 Å². The highest BCUT2D eigenvalue weighted by Crippen LogP contribution is 2.30. The largest absolute Gasteiger partial charge is 0.416 e. The molecule has 20 heavy (non-hydrogen) atoms. The van der Waals surface area contributed by atoms with Crippen molar-refractivity contribution < 1.29 is 13.2 Å². The van der Waals surface area contributed by atoms with Crippen LogP contribution in [0.15, 0.2) is 24.3 Å². The Labute approximate surface area is 119 Å². The molecule has 0 aromatic heterocycles. The van der Waals surface area contributed by atoms with E-state index >= 15 is 0 Å². The highest BCUT2D eigenvalue weighted by atomic mass is 19.4. The molecule has 0 heterocycles. The number of nitrogens with zero attached hydrogens (tertiary/aromatic N) is 1. The van der Waals surface area contributed by atoms with Gasteiger partial charge in [-0.2, -0.15) is 13.2 Å². The van der Waals surface area contributed by atoms with Crippen molar-refractivity contribution in [3.8, 4) is 0 Å². The normalized spacial score (nSPS) is 14.7. The van der Waals surface area contributed by atoms with Crippen LogP contribution in [0.25, 0.3) is 0 Å². The van der Waals surface area contributed by atoms with E-state index in [9.17, 15) is 13.2 Å². The average Bonchev–Trinajstić information content (AvgIpc) is 2.34. The van der Waals surface area contributed by atoms with Crippen LogP contribution < -0.4 is 5.32 Å². The third kappa shape index (κ3) is 3.96. The Morgan fingerprint density at radius 3 is 2.25 bits per heavy atom. The van der Waals surface area contributed by atoms with Crippen LogP contribution in [0.4, 0.5) is 13.2 Å². The predicted octanol–water partition coefficient (Wildman–Crippen LogP) is 3.18. The Morgan fingerprint density at radius 1 is 1.20 bits per heavy atom. The van der Waals surface area contributed by atoms with E-state index < -0.39 is 11.7 Å². The zero-order valence-corrected chi connectivity index (χ0v) is 12.7. The molecule has 1 aromatic carbocycles. The molecule has 0 amide bonds. The van der Waals surface area contributed by atoms with E-state index in [4.69, 9.17) is 0 Å². The van der Waals surface area contributed by atoms with E-state index in [0.29, 0.717) is 12.0 Å². The molecule has 0 saturated carbocycles. The molecule has 0 saturated heterocycles. The van der Waals surface area contributed by atoms with Gasteiger partial charge in [0.15, 0.2) is 0 Å². The van der Waals surface area contributed by atoms with Crippen LogP contribution in [0.2, 0.25) is 0 Å². The van der Waals surface area contributed by atoms with Crippen LogP contribution in [-0.4, -0.2) is 37.6 Å². The minimum atomic E-state index is -4.29. The molecule has 114 valence electrons.